The minimum atomic E-state index is -0.318. The molecule has 2 saturated heterocycles. The second-order valence-corrected chi connectivity index (χ2v) is 17.3. The van der Waals surface area contributed by atoms with E-state index in [0.717, 1.165) is 145 Å². The fourth-order valence-corrected chi connectivity index (χ4v) is 8.53. The number of primary amides is 2. The summed E-state index contributed by atoms with van der Waals surface area (Å²) in [5.41, 5.74) is 23.1. The third kappa shape index (κ3) is 15.2. The van der Waals surface area contributed by atoms with Crippen LogP contribution in [0.25, 0.3) is 0 Å². The van der Waals surface area contributed by atoms with Crippen molar-refractivity contribution in [2.45, 2.75) is 105 Å². The number of rotatable bonds is 16. The highest BCUT2D eigenvalue weighted by Crippen LogP contribution is 2.28. The first-order valence-corrected chi connectivity index (χ1v) is 22.8. The molecule has 14 heteroatoms. The third-order valence-electron chi connectivity index (χ3n) is 12.4. The molecule has 7 N–H and O–H groups in total. The van der Waals surface area contributed by atoms with Crippen molar-refractivity contribution >= 4 is 35.1 Å². The van der Waals surface area contributed by atoms with E-state index in [1.165, 1.54) is 0 Å². The van der Waals surface area contributed by atoms with Crippen LogP contribution in [0.5, 0.6) is 0 Å². The molecular formula is C53H70N12O2. The fourth-order valence-electron chi connectivity index (χ4n) is 8.53. The van der Waals surface area contributed by atoms with Crippen LogP contribution in [-0.2, 0) is 48.1 Å². The van der Waals surface area contributed by atoms with Gasteiger partial charge in [0.25, 0.3) is 0 Å². The number of hydrogen-bond acceptors (Lipinski definition) is 12. The van der Waals surface area contributed by atoms with Crippen LogP contribution in [0, 0.1) is 13.8 Å². The van der Waals surface area contributed by atoms with Gasteiger partial charge in [0.05, 0.1) is 36.6 Å². The molecule has 0 saturated carbocycles. The molecule has 0 spiro atoms. The van der Waals surface area contributed by atoms with E-state index in [4.69, 9.17) is 26.4 Å². The lowest BCUT2D eigenvalue weighted by atomic mass is 9.93. The Labute approximate surface area is 397 Å². The van der Waals surface area contributed by atoms with Gasteiger partial charge in [-0.15, -0.1) is 0 Å². The van der Waals surface area contributed by atoms with Crippen molar-refractivity contribution in [2.75, 3.05) is 43.9 Å². The Morgan fingerprint density at radius 3 is 1.40 bits per heavy atom. The van der Waals surface area contributed by atoms with Crippen LogP contribution in [0.2, 0.25) is 0 Å². The molecule has 0 unspecified atom stereocenters. The average molecular weight is 907 g/mol. The van der Waals surface area contributed by atoms with Crippen LogP contribution < -0.4 is 27.4 Å². The Morgan fingerprint density at radius 2 is 1.00 bits per heavy atom. The number of carbonyl (C=O) groups is 2. The second-order valence-electron chi connectivity index (χ2n) is 17.3. The molecule has 2 aromatic carbocycles. The first kappa shape index (κ1) is 51.3. The summed E-state index contributed by atoms with van der Waals surface area (Å²) >= 11 is 0. The van der Waals surface area contributed by atoms with Gasteiger partial charge in [-0.3, -0.25) is 19.6 Å². The molecular weight excluding hydrogens is 837 g/mol. The van der Waals surface area contributed by atoms with Gasteiger partial charge in [-0.2, -0.15) is 0 Å². The van der Waals surface area contributed by atoms with Crippen molar-refractivity contribution in [2.24, 2.45) is 11.5 Å². The molecule has 14 nitrogen and oxygen atoms in total. The van der Waals surface area contributed by atoms with Gasteiger partial charge in [-0.25, -0.2) is 19.9 Å². The first-order valence-electron chi connectivity index (χ1n) is 22.8. The summed E-state index contributed by atoms with van der Waals surface area (Å²) in [5.74, 6) is 1.56. The molecule has 6 aromatic rings. The number of carbonyl (C=O) groups excluding carboxylic acids is 2. The van der Waals surface area contributed by atoms with Crippen molar-refractivity contribution < 1.29 is 9.59 Å². The first-order chi connectivity index (χ1) is 31.6. The zero-order valence-corrected chi connectivity index (χ0v) is 37.9. The lowest BCUT2D eigenvalue weighted by Crippen LogP contribution is -2.29. The van der Waals surface area contributed by atoms with Gasteiger partial charge in [-0.1, -0.05) is 63.4 Å². The minimum Gasteiger partial charge on any atom is -0.369 e. The molecule has 67 heavy (non-hydrogen) atoms. The van der Waals surface area contributed by atoms with Gasteiger partial charge in [0.1, 0.15) is 0 Å². The van der Waals surface area contributed by atoms with Gasteiger partial charge in [0, 0.05) is 47.0 Å². The number of piperidine rings is 2. The summed E-state index contributed by atoms with van der Waals surface area (Å²) in [4.78, 5) is 52.8. The molecule has 2 aliphatic rings. The Morgan fingerprint density at radius 1 is 0.582 bits per heavy atom. The molecule has 6 heterocycles. The number of nitrogens with one attached hydrogen (secondary N) is 3. The third-order valence-corrected chi connectivity index (χ3v) is 12.4. The maximum atomic E-state index is 11.4. The summed E-state index contributed by atoms with van der Waals surface area (Å²) in [6.45, 7) is 8.40. The van der Waals surface area contributed by atoms with E-state index < -0.39 is 0 Å². The molecule has 0 atom stereocenters. The second kappa shape index (κ2) is 25.3. The standard InChI is InChI=1S/C26H32N6O.C25H30N6O.2CH4/c1-18-16-29-26(30-22-8-10-24(28-17-22)20-11-13-32(2)14-12-20)31-23(18)9-7-19-5-3-4-6-21(19)15-25(27)33;1-17-15-29-25(30-21-7-9-23(28-16-21)19-10-12-27-13-11-19)31-22(17)8-6-18-4-2-3-5-20(18)14-24(26)32;;/h3-6,8,10,16-17,20H,7,9,11-15H2,1-2H3,(H2,27,33)(H,29,30,31);2-5,7,9,15-16,19,27H,6,8,10-14H2,1H3,(H2,26,32)(H,29,30,31);2*1H4. The monoisotopic (exact) mass is 907 g/mol. The Bertz CT molecular complexity index is 2500. The van der Waals surface area contributed by atoms with Crippen molar-refractivity contribution in [3.8, 4) is 0 Å². The van der Waals surface area contributed by atoms with Crippen LogP contribution >= 0.6 is 0 Å². The maximum absolute atomic E-state index is 11.4. The van der Waals surface area contributed by atoms with Crippen LogP contribution in [0.15, 0.2) is 97.6 Å². The highest BCUT2D eigenvalue weighted by Gasteiger charge is 2.20. The largest absolute Gasteiger partial charge is 0.369 e. The highest BCUT2D eigenvalue weighted by atomic mass is 16.1. The van der Waals surface area contributed by atoms with Gasteiger partial charge in [-0.05, 0) is 156 Å². The van der Waals surface area contributed by atoms with Crippen LogP contribution in [0.3, 0.4) is 0 Å². The van der Waals surface area contributed by atoms with E-state index in [9.17, 15) is 9.59 Å². The van der Waals surface area contributed by atoms with E-state index in [2.05, 4.69) is 61.0 Å². The quantitative estimate of drug-likeness (QED) is 0.0627. The maximum Gasteiger partial charge on any atom is 0.227 e. The van der Waals surface area contributed by atoms with E-state index in [0.29, 0.717) is 23.7 Å². The van der Waals surface area contributed by atoms with Crippen molar-refractivity contribution in [1.82, 2.24) is 40.1 Å². The molecule has 354 valence electrons. The zero-order chi connectivity index (χ0) is 45.5. The number of pyridine rings is 2. The molecule has 2 amide bonds. The summed E-state index contributed by atoms with van der Waals surface area (Å²) in [5, 5.41) is 9.96. The van der Waals surface area contributed by atoms with E-state index in [-0.39, 0.29) is 39.5 Å². The number of likely N-dealkylation sites (tertiary alicyclic amines) is 1. The molecule has 0 bridgehead atoms. The van der Waals surface area contributed by atoms with Crippen molar-refractivity contribution in [3.05, 3.63) is 154 Å². The summed E-state index contributed by atoms with van der Waals surface area (Å²) in [6, 6.07) is 24.2. The number of benzene rings is 2. The average Bonchev–Trinajstić information content (AvgIpc) is 3.31. The summed E-state index contributed by atoms with van der Waals surface area (Å²) in [6.07, 6.45) is 15.6. The minimum absolute atomic E-state index is 0. The lowest BCUT2D eigenvalue weighted by molar-refractivity contribution is -0.118. The summed E-state index contributed by atoms with van der Waals surface area (Å²) in [7, 11) is 2.17. The molecule has 0 radical (unpaired) electrons. The van der Waals surface area contributed by atoms with Gasteiger partial charge in [0.15, 0.2) is 0 Å². The van der Waals surface area contributed by atoms with Crippen LogP contribution in [0.4, 0.5) is 23.3 Å². The molecule has 0 aliphatic carbocycles. The van der Waals surface area contributed by atoms with E-state index in [1.807, 2.05) is 93.2 Å². The number of nitrogens with zero attached hydrogens (tertiary/aromatic N) is 7. The number of aromatic nitrogens is 6. The predicted molar refractivity (Wildman–Crippen MR) is 270 cm³/mol. The number of nitrogens with two attached hydrogens (primary N) is 2. The fraction of sp³-hybridized carbons (Fsp3) is 0.396. The topological polar surface area (TPSA) is 203 Å². The molecule has 8 rings (SSSR count). The summed E-state index contributed by atoms with van der Waals surface area (Å²) < 4.78 is 0. The van der Waals surface area contributed by atoms with Gasteiger partial charge in [0.2, 0.25) is 23.7 Å². The van der Waals surface area contributed by atoms with E-state index >= 15 is 0 Å². The van der Waals surface area contributed by atoms with Crippen molar-refractivity contribution in [1.29, 1.82) is 0 Å². The van der Waals surface area contributed by atoms with Gasteiger partial charge < -0.3 is 32.3 Å². The predicted octanol–water partition coefficient (Wildman–Crippen LogP) is 8.02. The normalized spacial score (nSPS) is 14.1. The number of aryl methyl sites for hydroxylation is 6. The van der Waals surface area contributed by atoms with Crippen molar-refractivity contribution in [3.63, 3.8) is 0 Å². The number of hydrogen-bond donors (Lipinski definition) is 5. The molecule has 4 aromatic heterocycles. The lowest BCUT2D eigenvalue weighted by Gasteiger charge is -2.28. The highest BCUT2D eigenvalue weighted by molar-refractivity contribution is 5.77. The number of anilines is 4. The van der Waals surface area contributed by atoms with E-state index in [1.54, 1.807) is 0 Å². The van der Waals surface area contributed by atoms with Crippen LogP contribution in [-0.4, -0.2) is 79.8 Å². The SMILES string of the molecule is C.C.Cc1cnc(Nc2ccc(C3CCN(C)CC3)nc2)nc1CCc1ccccc1CC(N)=O.Cc1cnc(Nc2ccc(C3CCNCC3)nc2)nc1CCc1ccccc1CC(N)=O. The van der Waals surface area contributed by atoms with Gasteiger partial charge >= 0.3 is 0 Å². The molecule has 2 fully saturated rings. The Balaban J connectivity index is 0.000000244. The smallest absolute Gasteiger partial charge is 0.227 e. The zero-order valence-electron chi connectivity index (χ0n) is 37.9. The Hall–Kier alpha value is -6.64. The Kier molecular flexibility index (Phi) is 19.4. The van der Waals surface area contributed by atoms with Crippen LogP contribution in [0.1, 0.15) is 109 Å². The number of amides is 2. The molecule has 2 aliphatic heterocycles.